The maximum atomic E-state index is 12.0. The Bertz CT molecular complexity index is 689. The molecule has 1 aromatic carbocycles. The standard InChI is InChI=1S/C21H32N4O3/c1-5-22-19(23-13-17-12-15-8-6-7-9-18(15)27-17)25-11-10-16(14-25)24-20(26)28-21(2,3)4/h6-9,16-17H,5,10-14H2,1-4H3,(H,22,23)(H,24,26). The summed E-state index contributed by atoms with van der Waals surface area (Å²) in [7, 11) is 0. The van der Waals surface area contributed by atoms with Crippen molar-refractivity contribution in [3.8, 4) is 5.75 Å². The van der Waals surface area contributed by atoms with Gasteiger partial charge >= 0.3 is 6.09 Å². The maximum absolute atomic E-state index is 12.0. The lowest BCUT2D eigenvalue weighted by Crippen LogP contribution is -2.44. The minimum atomic E-state index is -0.488. The van der Waals surface area contributed by atoms with Gasteiger partial charge in [0, 0.05) is 26.1 Å². The SMILES string of the molecule is CCNC(=NCC1Cc2ccccc2O1)N1CCC(NC(=O)OC(C)(C)C)C1. The van der Waals surface area contributed by atoms with Crippen LogP contribution in [0.2, 0.25) is 0 Å². The molecule has 1 aromatic rings. The Labute approximate surface area is 167 Å². The zero-order valence-electron chi connectivity index (χ0n) is 17.3. The van der Waals surface area contributed by atoms with E-state index in [0.29, 0.717) is 6.54 Å². The summed E-state index contributed by atoms with van der Waals surface area (Å²) < 4.78 is 11.3. The zero-order chi connectivity index (χ0) is 20.1. The number of alkyl carbamates (subject to hydrolysis) is 1. The highest BCUT2D eigenvalue weighted by molar-refractivity contribution is 5.80. The number of nitrogens with zero attached hydrogens (tertiary/aromatic N) is 2. The Morgan fingerprint density at radius 1 is 1.36 bits per heavy atom. The molecule has 0 saturated carbocycles. The van der Waals surface area contributed by atoms with Crippen LogP contribution in [0.25, 0.3) is 0 Å². The summed E-state index contributed by atoms with van der Waals surface area (Å²) in [4.78, 5) is 19.0. The summed E-state index contributed by atoms with van der Waals surface area (Å²) in [5, 5.41) is 6.32. The number of para-hydroxylation sites is 1. The first kappa shape index (κ1) is 20.3. The minimum Gasteiger partial charge on any atom is -0.488 e. The summed E-state index contributed by atoms with van der Waals surface area (Å²) in [5.41, 5.74) is 0.757. The largest absolute Gasteiger partial charge is 0.488 e. The van der Waals surface area contributed by atoms with Crippen LogP contribution in [0.3, 0.4) is 0 Å². The lowest BCUT2D eigenvalue weighted by atomic mass is 10.1. The van der Waals surface area contributed by atoms with Gasteiger partial charge in [-0.15, -0.1) is 0 Å². The predicted molar refractivity (Wildman–Crippen MR) is 110 cm³/mol. The summed E-state index contributed by atoms with van der Waals surface area (Å²) in [5.74, 6) is 1.84. The Hall–Kier alpha value is -2.44. The van der Waals surface area contributed by atoms with Gasteiger partial charge in [-0.25, -0.2) is 9.79 Å². The Kier molecular flexibility index (Phi) is 6.31. The fourth-order valence-electron chi connectivity index (χ4n) is 3.51. The van der Waals surface area contributed by atoms with E-state index in [9.17, 15) is 4.79 Å². The first-order valence-corrected chi connectivity index (χ1v) is 10.1. The molecule has 2 N–H and O–H groups in total. The molecule has 1 saturated heterocycles. The molecule has 7 nitrogen and oxygen atoms in total. The van der Waals surface area contributed by atoms with Crippen molar-refractivity contribution in [1.82, 2.24) is 15.5 Å². The molecule has 1 amide bonds. The van der Waals surface area contributed by atoms with Gasteiger partial charge in [-0.1, -0.05) is 18.2 Å². The van der Waals surface area contributed by atoms with Gasteiger partial charge in [0.2, 0.25) is 0 Å². The first-order chi connectivity index (χ1) is 13.3. The van der Waals surface area contributed by atoms with Gasteiger partial charge in [0.05, 0.1) is 12.6 Å². The molecule has 0 aliphatic carbocycles. The highest BCUT2D eigenvalue weighted by Gasteiger charge is 2.28. The second-order valence-electron chi connectivity index (χ2n) is 8.32. The van der Waals surface area contributed by atoms with Crippen molar-refractivity contribution in [2.45, 2.75) is 58.3 Å². The Morgan fingerprint density at radius 2 is 2.14 bits per heavy atom. The number of benzene rings is 1. The number of hydrogen-bond donors (Lipinski definition) is 2. The van der Waals surface area contributed by atoms with Crippen LogP contribution < -0.4 is 15.4 Å². The minimum absolute atomic E-state index is 0.0608. The molecule has 154 valence electrons. The number of guanidine groups is 1. The average Bonchev–Trinajstić information content (AvgIpc) is 3.23. The van der Waals surface area contributed by atoms with Crippen molar-refractivity contribution in [2.75, 3.05) is 26.2 Å². The predicted octanol–water partition coefficient (Wildman–Crippen LogP) is 2.55. The number of aliphatic imine (C=N–C) groups is 1. The van der Waals surface area contributed by atoms with Gasteiger partial charge in [0.1, 0.15) is 17.5 Å². The molecule has 2 unspecified atom stereocenters. The van der Waals surface area contributed by atoms with Gasteiger partial charge in [-0.2, -0.15) is 0 Å². The molecule has 3 rings (SSSR count). The van der Waals surface area contributed by atoms with E-state index in [0.717, 1.165) is 44.2 Å². The third-order valence-corrected chi connectivity index (χ3v) is 4.70. The molecule has 0 aromatic heterocycles. The Morgan fingerprint density at radius 3 is 2.86 bits per heavy atom. The number of hydrogen-bond acceptors (Lipinski definition) is 4. The van der Waals surface area contributed by atoms with Crippen LogP contribution in [0.5, 0.6) is 5.75 Å². The third-order valence-electron chi connectivity index (χ3n) is 4.70. The van der Waals surface area contributed by atoms with E-state index < -0.39 is 5.60 Å². The molecule has 0 spiro atoms. The summed E-state index contributed by atoms with van der Waals surface area (Å²) in [6.45, 7) is 10.6. The summed E-state index contributed by atoms with van der Waals surface area (Å²) in [6.07, 6.45) is 1.47. The summed E-state index contributed by atoms with van der Waals surface area (Å²) >= 11 is 0. The van der Waals surface area contributed by atoms with Gasteiger partial charge in [0.25, 0.3) is 0 Å². The normalized spacial score (nSPS) is 21.9. The number of carbonyl (C=O) groups excluding carboxylic acids is 1. The van der Waals surface area contributed by atoms with Gasteiger partial charge in [-0.05, 0) is 45.7 Å². The molecular formula is C21H32N4O3. The number of likely N-dealkylation sites (tertiary alicyclic amines) is 1. The average molecular weight is 389 g/mol. The molecule has 2 heterocycles. The second-order valence-corrected chi connectivity index (χ2v) is 8.32. The highest BCUT2D eigenvalue weighted by Crippen LogP contribution is 2.28. The molecule has 0 bridgehead atoms. The number of nitrogens with one attached hydrogen (secondary N) is 2. The van der Waals surface area contributed by atoms with Gasteiger partial charge in [0.15, 0.2) is 5.96 Å². The topological polar surface area (TPSA) is 75.2 Å². The molecular weight excluding hydrogens is 356 g/mol. The van der Waals surface area contributed by atoms with E-state index >= 15 is 0 Å². The number of carbonyl (C=O) groups is 1. The van der Waals surface area contributed by atoms with Crippen LogP contribution in [-0.4, -0.2) is 60.9 Å². The van der Waals surface area contributed by atoms with E-state index in [1.807, 2.05) is 39.0 Å². The number of ether oxygens (including phenoxy) is 2. The molecule has 2 aliphatic heterocycles. The monoisotopic (exact) mass is 388 g/mol. The molecule has 7 heteroatoms. The Balaban J connectivity index is 1.53. The first-order valence-electron chi connectivity index (χ1n) is 10.1. The van der Waals surface area contributed by atoms with E-state index in [1.54, 1.807) is 0 Å². The molecule has 1 fully saturated rings. The molecule has 0 radical (unpaired) electrons. The van der Waals surface area contributed by atoms with Gasteiger partial charge < -0.3 is 25.0 Å². The second kappa shape index (κ2) is 8.71. The van der Waals surface area contributed by atoms with Crippen LogP contribution in [0.4, 0.5) is 4.79 Å². The maximum Gasteiger partial charge on any atom is 0.407 e. The van der Waals surface area contributed by atoms with E-state index in [-0.39, 0.29) is 18.2 Å². The molecule has 28 heavy (non-hydrogen) atoms. The van der Waals surface area contributed by atoms with Crippen molar-refractivity contribution in [3.63, 3.8) is 0 Å². The van der Waals surface area contributed by atoms with E-state index in [2.05, 4.69) is 28.5 Å². The highest BCUT2D eigenvalue weighted by atomic mass is 16.6. The van der Waals surface area contributed by atoms with Crippen LogP contribution in [0, 0.1) is 0 Å². The number of fused-ring (bicyclic) bond motifs is 1. The quantitative estimate of drug-likeness (QED) is 0.612. The van der Waals surface area contributed by atoms with Gasteiger partial charge in [-0.3, -0.25) is 0 Å². The van der Waals surface area contributed by atoms with Crippen molar-refractivity contribution < 1.29 is 14.3 Å². The van der Waals surface area contributed by atoms with Crippen molar-refractivity contribution >= 4 is 12.1 Å². The molecule has 2 atom stereocenters. The lowest BCUT2D eigenvalue weighted by molar-refractivity contribution is 0.0507. The number of rotatable bonds is 4. The number of amides is 1. The zero-order valence-corrected chi connectivity index (χ0v) is 17.3. The van der Waals surface area contributed by atoms with E-state index in [4.69, 9.17) is 14.5 Å². The smallest absolute Gasteiger partial charge is 0.407 e. The van der Waals surface area contributed by atoms with Crippen LogP contribution in [-0.2, 0) is 11.2 Å². The van der Waals surface area contributed by atoms with Crippen molar-refractivity contribution in [3.05, 3.63) is 29.8 Å². The molecule has 2 aliphatic rings. The van der Waals surface area contributed by atoms with Crippen LogP contribution >= 0.6 is 0 Å². The third kappa shape index (κ3) is 5.53. The fourth-order valence-corrected chi connectivity index (χ4v) is 3.51. The van der Waals surface area contributed by atoms with Crippen LogP contribution in [0.15, 0.2) is 29.3 Å². The van der Waals surface area contributed by atoms with Crippen LogP contribution in [0.1, 0.15) is 39.7 Å². The summed E-state index contributed by atoms with van der Waals surface area (Å²) in [6, 6.07) is 8.22. The fraction of sp³-hybridized carbons (Fsp3) is 0.619. The van der Waals surface area contributed by atoms with E-state index in [1.165, 1.54) is 5.56 Å². The van der Waals surface area contributed by atoms with Crippen molar-refractivity contribution in [1.29, 1.82) is 0 Å². The lowest BCUT2D eigenvalue weighted by Gasteiger charge is -2.23. The van der Waals surface area contributed by atoms with Crippen molar-refractivity contribution in [2.24, 2.45) is 4.99 Å².